The number of ether oxygens (including phenoxy) is 2. The topological polar surface area (TPSA) is 52.6 Å². The first-order valence-corrected chi connectivity index (χ1v) is 9.17. The fourth-order valence-electron chi connectivity index (χ4n) is 2.42. The summed E-state index contributed by atoms with van der Waals surface area (Å²) in [6.07, 6.45) is -1.34. The smallest absolute Gasteiger partial charge is 0.420 e. The minimum atomic E-state index is -4.70. The van der Waals surface area contributed by atoms with Gasteiger partial charge in [-0.25, -0.2) is 9.59 Å². The molecule has 0 radical (unpaired) electrons. The lowest BCUT2D eigenvalue weighted by Crippen LogP contribution is -2.14. The highest BCUT2D eigenvalue weighted by Crippen LogP contribution is 2.39. The van der Waals surface area contributed by atoms with E-state index in [1.807, 2.05) is 0 Å². The summed E-state index contributed by atoms with van der Waals surface area (Å²) in [4.78, 5) is 22.9. The summed E-state index contributed by atoms with van der Waals surface area (Å²) >= 11 is 0. The molecule has 162 valence electrons. The molecule has 4 nitrogen and oxygen atoms in total. The zero-order valence-corrected chi connectivity index (χ0v) is 17.1. The summed E-state index contributed by atoms with van der Waals surface area (Å²) in [5.74, 6) is -1.99. The van der Waals surface area contributed by atoms with Gasteiger partial charge >= 0.3 is 18.1 Å². The molecule has 0 aromatic heterocycles. The molecule has 0 N–H and O–H groups in total. The maximum Gasteiger partial charge on any atom is 0.420 e. The second-order valence-corrected chi connectivity index (χ2v) is 6.78. The number of alkyl halides is 3. The van der Waals surface area contributed by atoms with Gasteiger partial charge in [0, 0.05) is 11.1 Å². The van der Waals surface area contributed by atoms with Crippen LogP contribution >= 0.6 is 0 Å². The summed E-state index contributed by atoms with van der Waals surface area (Å²) in [6, 6.07) is 10.2. The Kier molecular flexibility index (Phi) is 7.58. The Balaban J connectivity index is 2.20. The molecule has 0 fully saturated rings. The third kappa shape index (κ3) is 6.70. The monoisotopic (exact) mass is 430 g/mol. The van der Waals surface area contributed by atoms with E-state index in [-0.39, 0.29) is 12.2 Å². The molecule has 0 atom stereocenters. The number of rotatable bonds is 7. The summed E-state index contributed by atoms with van der Waals surface area (Å²) < 4.78 is 50.2. The molecule has 0 saturated heterocycles. The Morgan fingerprint density at radius 3 is 2.06 bits per heavy atom. The Bertz CT molecular complexity index is 1030. The number of carbonyl (C=O) groups excluding carboxylic acids is 2. The fourth-order valence-corrected chi connectivity index (χ4v) is 2.42. The van der Waals surface area contributed by atoms with Gasteiger partial charge in [0.15, 0.2) is 0 Å². The maximum absolute atomic E-state index is 13.5. The first-order valence-electron chi connectivity index (χ1n) is 9.17. The SMILES string of the molecule is C=C(C)C(=O)OCC=Cc1ccc(-c2ccc(OC(=O)C(=C)C)c(C(F)(F)F)c2)cc1. The van der Waals surface area contributed by atoms with E-state index in [2.05, 4.69) is 13.2 Å². The second kappa shape index (κ2) is 9.93. The Morgan fingerprint density at radius 2 is 1.52 bits per heavy atom. The lowest BCUT2D eigenvalue weighted by Gasteiger charge is -2.14. The fraction of sp³-hybridized carbons (Fsp3) is 0.167. The Morgan fingerprint density at radius 1 is 0.935 bits per heavy atom. The summed E-state index contributed by atoms with van der Waals surface area (Å²) in [6.45, 7) is 9.83. The predicted octanol–water partition coefficient (Wildman–Crippen LogP) is 5.99. The van der Waals surface area contributed by atoms with Gasteiger partial charge in [-0.3, -0.25) is 0 Å². The maximum atomic E-state index is 13.5. The van der Waals surface area contributed by atoms with Gasteiger partial charge in [-0.2, -0.15) is 13.2 Å². The van der Waals surface area contributed by atoms with E-state index >= 15 is 0 Å². The van der Waals surface area contributed by atoms with E-state index in [9.17, 15) is 22.8 Å². The van der Waals surface area contributed by atoms with Gasteiger partial charge in [0.1, 0.15) is 12.4 Å². The Labute approximate surface area is 178 Å². The number of hydrogen-bond donors (Lipinski definition) is 0. The zero-order valence-electron chi connectivity index (χ0n) is 17.1. The van der Waals surface area contributed by atoms with Crippen LogP contribution in [0.25, 0.3) is 17.2 Å². The highest BCUT2D eigenvalue weighted by atomic mass is 19.4. The van der Waals surface area contributed by atoms with Crippen LogP contribution in [-0.2, 0) is 20.5 Å². The first-order chi connectivity index (χ1) is 14.5. The third-order valence-electron chi connectivity index (χ3n) is 4.05. The van der Waals surface area contributed by atoms with Crippen molar-refractivity contribution in [2.24, 2.45) is 0 Å². The van der Waals surface area contributed by atoms with Crippen LogP contribution in [0, 0.1) is 0 Å². The van der Waals surface area contributed by atoms with Crippen molar-refractivity contribution in [2.45, 2.75) is 20.0 Å². The number of hydrogen-bond acceptors (Lipinski definition) is 4. The first kappa shape index (κ1) is 23.7. The van der Waals surface area contributed by atoms with Crippen LogP contribution in [0.1, 0.15) is 25.0 Å². The normalized spacial score (nSPS) is 11.3. The van der Waals surface area contributed by atoms with Gasteiger partial charge in [-0.15, -0.1) is 0 Å². The van der Waals surface area contributed by atoms with Crippen molar-refractivity contribution in [3.05, 3.63) is 84.0 Å². The zero-order chi connectivity index (χ0) is 23.2. The molecule has 0 saturated carbocycles. The molecule has 0 unspecified atom stereocenters. The lowest BCUT2D eigenvalue weighted by molar-refractivity contribution is -0.141. The number of benzene rings is 2. The van der Waals surface area contributed by atoms with E-state index in [0.29, 0.717) is 16.7 Å². The minimum Gasteiger partial charge on any atom is -0.458 e. The van der Waals surface area contributed by atoms with Crippen LogP contribution in [-0.4, -0.2) is 18.5 Å². The largest absolute Gasteiger partial charge is 0.458 e. The molecule has 0 spiro atoms. The molecule has 31 heavy (non-hydrogen) atoms. The van der Waals surface area contributed by atoms with E-state index in [1.54, 1.807) is 43.3 Å². The van der Waals surface area contributed by atoms with Gasteiger partial charge in [0.2, 0.25) is 0 Å². The van der Waals surface area contributed by atoms with Crippen LogP contribution in [0.4, 0.5) is 13.2 Å². The molecular weight excluding hydrogens is 409 g/mol. The average Bonchev–Trinajstić information content (AvgIpc) is 2.70. The predicted molar refractivity (Wildman–Crippen MR) is 112 cm³/mol. The van der Waals surface area contributed by atoms with Crippen LogP contribution < -0.4 is 4.74 Å². The molecule has 2 aromatic rings. The quantitative estimate of drug-likeness (QED) is 0.308. The van der Waals surface area contributed by atoms with Crippen molar-refractivity contribution in [1.82, 2.24) is 0 Å². The standard InChI is InChI=1S/C24H21F3O4/c1-15(2)22(28)30-13-5-6-17-7-9-18(10-8-17)19-11-12-21(31-23(29)16(3)4)20(14-19)24(25,26)27/h5-12,14H,1,3,13H2,2,4H3. The van der Waals surface area contributed by atoms with Gasteiger partial charge in [0.25, 0.3) is 0 Å². The van der Waals surface area contributed by atoms with Gasteiger partial charge in [-0.1, -0.05) is 49.6 Å². The lowest BCUT2D eigenvalue weighted by atomic mass is 10.0. The average molecular weight is 430 g/mol. The number of carbonyl (C=O) groups is 2. The van der Waals surface area contributed by atoms with Crippen LogP contribution in [0.5, 0.6) is 5.75 Å². The van der Waals surface area contributed by atoms with Crippen LogP contribution in [0.15, 0.2) is 72.8 Å². The summed E-state index contributed by atoms with van der Waals surface area (Å²) in [5, 5.41) is 0. The highest BCUT2D eigenvalue weighted by Gasteiger charge is 2.35. The number of halogens is 3. The Hall–Kier alpha value is -3.61. The molecular formula is C24H21F3O4. The van der Waals surface area contributed by atoms with Crippen molar-refractivity contribution >= 4 is 18.0 Å². The van der Waals surface area contributed by atoms with Crippen molar-refractivity contribution in [1.29, 1.82) is 0 Å². The molecule has 0 aliphatic carbocycles. The summed E-state index contributed by atoms with van der Waals surface area (Å²) in [7, 11) is 0. The molecule has 2 aromatic carbocycles. The second-order valence-electron chi connectivity index (χ2n) is 6.78. The third-order valence-corrected chi connectivity index (χ3v) is 4.05. The van der Waals surface area contributed by atoms with Crippen LogP contribution in [0.2, 0.25) is 0 Å². The van der Waals surface area contributed by atoms with Crippen molar-refractivity contribution < 1.29 is 32.2 Å². The minimum absolute atomic E-state index is 0.00441. The van der Waals surface area contributed by atoms with E-state index < -0.39 is 29.4 Å². The molecule has 0 aliphatic rings. The molecule has 0 heterocycles. The summed E-state index contributed by atoms with van der Waals surface area (Å²) in [5.41, 5.74) is 0.884. The van der Waals surface area contributed by atoms with E-state index in [0.717, 1.165) is 17.7 Å². The molecule has 0 bridgehead atoms. The molecule has 0 amide bonds. The van der Waals surface area contributed by atoms with Gasteiger partial charge in [0.05, 0.1) is 5.56 Å². The highest BCUT2D eigenvalue weighted by molar-refractivity contribution is 5.89. The van der Waals surface area contributed by atoms with Crippen molar-refractivity contribution in [3.8, 4) is 16.9 Å². The molecule has 0 aliphatic heterocycles. The van der Waals surface area contributed by atoms with Crippen molar-refractivity contribution in [3.63, 3.8) is 0 Å². The van der Waals surface area contributed by atoms with E-state index in [4.69, 9.17) is 9.47 Å². The molecule has 7 heteroatoms. The van der Waals surface area contributed by atoms with E-state index in [1.165, 1.54) is 13.0 Å². The number of esters is 2. The van der Waals surface area contributed by atoms with Crippen LogP contribution in [0.3, 0.4) is 0 Å². The molecule has 2 rings (SSSR count). The van der Waals surface area contributed by atoms with Crippen molar-refractivity contribution in [2.75, 3.05) is 6.61 Å². The van der Waals surface area contributed by atoms with Gasteiger partial charge < -0.3 is 9.47 Å². The van der Waals surface area contributed by atoms with Gasteiger partial charge in [-0.05, 0) is 48.7 Å².